The first kappa shape index (κ1) is 14.4. The number of nitrogen functional groups attached to an aromatic ring is 1. The number of nitrogens with two attached hydrogens (primary N) is 1. The van der Waals surface area contributed by atoms with Crippen molar-refractivity contribution < 1.29 is 18.9 Å². The molecule has 1 aromatic heterocycles. The van der Waals surface area contributed by atoms with Gasteiger partial charge in [-0.15, -0.1) is 0 Å². The topological polar surface area (TPSA) is 75.8 Å². The summed E-state index contributed by atoms with van der Waals surface area (Å²) in [6, 6.07) is 10.8. The number of ether oxygens (including phenoxy) is 4. The van der Waals surface area contributed by atoms with Crippen LogP contribution in [0.5, 0.6) is 28.7 Å². The fourth-order valence-corrected chi connectivity index (χ4v) is 2.67. The van der Waals surface area contributed by atoms with Gasteiger partial charge in [-0.1, -0.05) is 0 Å². The van der Waals surface area contributed by atoms with Crippen molar-refractivity contribution in [1.29, 1.82) is 0 Å². The zero-order valence-corrected chi connectivity index (χ0v) is 13.1. The number of fused-ring (bicyclic) bond motifs is 3. The third-order valence-corrected chi connectivity index (χ3v) is 3.77. The molecule has 0 spiro atoms. The maximum absolute atomic E-state index is 6.01. The normalized spacial score (nSPS) is 12.9. The quantitative estimate of drug-likeness (QED) is 0.744. The smallest absolute Gasteiger partial charge is 0.204 e. The monoisotopic (exact) mass is 324 g/mol. The minimum absolute atomic E-state index is 0.464. The third-order valence-electron chi connectivity index (χ3n) is 3.77. The molecule has 122 valence electrons. The van der Waals surface area contributed by atoms with E-state index in [1.165, 1.54) is 0 Å². The number of nitrogens with zero attached hydrogens (tertiary/aromatic N) is 1. The van der Waals surface area contributed by atoms with E-state index in [4.69, 9.17) is 24.7 Å². The van der Waals surface area contributed by atoms with Crippen LogP contribution < -0.4 is 24.7 Å². The summed E-state index contributed by atoms with van der Waals surface area (Å²) in [5, 5.41) is 0.754. The highest BCUT2D eigenvalue weighted by atomic mass is 16.6. The van der Waals surface area contributed by atoms with Gasteiger partial charge in [-0.25, -0.2) is 0 Å². The molecular formula is C18H16N2O4. The Morgan fingerprint density at radius 2 is 1.75 bits per heavy atom. The predicted molar refractivity (Wildman–Crippen MR) is 90.2 cm³/mol. The number of hydrogen-bond donors (Lipinski definition) is 1. The van der Waals surface area contributed by atoms with E-state index >= 15 is 0 Å². The fourth-order valence-electron chi connectivity index (χ4n) is 2.67. The lowest BCUT2D eigenvalue weighted by molar-refractivity contribution is 0.167. The van der Waals surface area contributed by atoms with E-state index in [1.54, 1.807) is 31.5 Å². The van der Waals surface area contributed by atoms with Crippen molar-refractivity contribution in [2.24, 2.45) is 0 Å². The second-order valence-corrected chi connectivity index (χ2v) is 5.31. The molecule has 0 saturated carbocycles. The second kappa shape index (κ2) is 5.81. The summed E-state index contributed by atoms with van der Waals surface area (Å²) >= 11 is 0. The van der Waals surface area contributed by atoms with Crippen LogP contribution >= 0.6 is 0 Å². The predicted octanol–water partition coefficient (Wildman–Crippen LogP) is 3.39. The minimum atomic E-state index is 0.464. The lowest BCUT2D eigenvalue weighted by atomic mass is 10.1. The Kier molecular flexibility index (Phi) is 3.49. The first-order valence-corrected chi connectivity index (χ1v) is 7.55. The lowest BCUT2D eigenvalue weighted by Gasteiger charge is -2.23. The van der Waals surface area contributed by atoms with Crippen LogP contribution in [-0.2, 0) is 0 Å². The van der Waals surface area contributed by atoms with Gasteiger partial charge in [0.25, 0.3) is 0 Å². The number of aromatic nitrogens is 1. The highest BCUT2D eigenvalue weighted by Gasteiger charge is 2.24. The maximum Gasteiger partial charge on any atom is 0.204 e. The molecule has 2 heterocycles. The Labute approximate surface area is 138 Å². The van der Waals surface area contributed by atoms with Crippen LogP contribution in [0.3, 0.4) is 0 Å². The molecule has 0 fully saturated rings. The summed E-state index contributed by atoms with van der Waals surface area (Å²) in [5.41, 5.74) is 7.11. The van der Waals surface area contributed by atoms with Gasteiger partial charge in [0.2, 0.25) is 5.75 Å². The van der Waals surface area contributed by atoms with Gasteiger partial charge in [-0.05, 0) is 30.3 Å². The molecule has 3 aromatic rings. The van der Waals surface area contributed by atoms with Gasteiger partial charge in [0.1, 0.15) is 24.7 Å². The Morgan fingerprint density at radius 3 is 2.50 bits per heavy atom. The fraction of sp³-hybridized carbons (Fsp3) is 0.167. The minimum Gasteiger partial charge on any atom is -0.493 e. The van der Waals surface area contributed by atoms with Crippen LogP contribution in [0, 0.1) is 0 Å². The number of pyridine rings is 1. The molecule has 0 aliphatic carbocycles. The second-order valence-electron chi connectivity index (χ2n) is 5.31. The lowest BCUT2D eigenvalue weighted by Crippen LogP contribution is -2.16. The van der Waals surface area contributed by atoms with Crippen molar-refractivity contribution in [1.82, 2.24) is 4.98 Å². The molecule has 24 heavy (non-hydrogen) atoms. The average Bonchev–Trinajstić information content (AvgIpc) is 2.63. The van der Waals surface area contributed by atoms with E-state index in [9.17, 15) is 0 Å². The number of hydrogen-bond acceptors (Lipinski definition) is 6. The Bertz CT molecular complexity index is 894. The molecule has 1 aliphatic rings. The van der Waals surface area contributed by atoms with Crippen LogP contribution in [0.15, 0.2) is 42.6 Å². The molecule has 0 bridgehead atoms. The van der Waals surface area contributed by atoms with Gasteiger partial charge in [0.05, 0.1) is 18.0 Å². The van der Waals surface area contributed by atoms with Crippen molar-refractivity contribution in [3.05, 3.63) is 42.6 Å². The molecule has 0 amide bonds. The van der Waals surface area contributed by atoms with Crippen molar-refractivity contribution in [2.45, 2.75) is 0 Å². The van der Waals surface area contributed by atoms with Crippen molar-refractivity contribution >= 4 is 16.6 Å². The van der Waals surface area contributed by atoms with E-state index in [-0.39, 0.29) is 0 Å². The summed E-state index contributed by atoms with van der Waals surface area (Å²) in [6.07, 6.45) is 1.69. The third kappa shape index (κ3) is 2.42. The largest absolute Gasteiger partial charge is 0.493 e. The molecule has 6 nitrogen and oxygen atoms in total. The summed E-state index contributed by atoms with van der Waals surface area (Å²) in [5.74, 6) is 3.07. The van der Waals surface area contributed by atoms with Gasteiger partial charge in [-0.2, -0.15) is 0 Å². The van der Waals surface area contributed by atoms with Gasteiger partial charge in [0, 0.05) is 18.0 Å². The van der Waals surface area contributed by atoms with E-state index in [0.717, 1.165) is 5.39 Å². The van der Waals surface area contributed by atoms with Gasteiger partial charge in [-0.3, -0.25) is 4.98 Å². The van der Waals surface area contributed by atoms with Crippen LogP contribution in [0.2, 0.25) is 0 Å². The molecule has 6 heteroatoms. The maximum atomic E-state index is 6.01. The molecule has 0 saturated heterocycles. The molecule has 2 N–H and O–H groups in total. The number of anilines is 1. The van der Waals surface area contributed by atoms with Crippen LogP contribution in [0.25, 0.3) is 10.9 Å². The molecule has 0 atom stereocenters. The zero-order valence-electron chi connectivity index (χ0n) is 13.1. The Morgan fingerprint density at radius 1 is 1.00 bits per heavy atom. The van der Waals surface area contributed by atoms with E-state index < -0.39 is 0 Å². The number of rotatable bonds is 3. The number of methoxy groups -OCH3 is 1. The first-order valence-electron chi connectivity index (χ1n) is 7.55. The van der Waals surface area contributed by atoms with Crippen molar-refractivity contribution in [3.8, 4) is 28.7 Å². The number of benzene rings is 2. The Hall–Kier alpha value is -3.15. The van der Waals surface area contributed by atoms with E-state index in [0.29, 0.717) is 53.2 Å². The van der Waals surface area contributed by atoms with Crippen molar-refractivity contribution in [2.75, 3.05) is 26.1 Å². The van der Waals surface area contributed by atoms with Crippen LogP contribution in [0.4, 0.5) is 5.69 Å². The van der Waals surface area contributed by atoms with Gasteiger partial charge < -0.3 is 24.7 Å². The summed E-state index contributed by atoms with van der Waals surface area (Å²) in [6.45, 7) is 0.939. The summed E-state index contributed by atoms with van der Waals surface area (Å²) in [7, 11) is 1.59. The standard InChI is InChI=1S/C18H16N2O4/c1-21-15-10-13-16(18-17(15)22-8-9-23-18)14(6-7-20-13)24-12-4-2-11(19)3-5-12/h2-7,10H,8-9,19H2,1H3. The Balaban J connectivity index is 1.88. The molecule has 1 aliphatic heterocycles. The summed E-state index contributed by atoms with van der Waals surface area (Å²) < 4.78 is 23.0. The summed E-state index contributed by atoms with van der Waals surface area (Å²) in [4.78, 5) is 4.40. The molecular weight excluding hydrogens is 308 g/mol. The zero-order chi connectivity index (χ0) is 16.5. The first-order chi connectivity index (χ1) is 11.8. The highest BCUT2D eigenvalue weighted by Crippen LogP contribution is 2.48. The van der Waals surface area contributed by atoms with E-state index in [2.05, 4.69) is 4.98 Å². The molecule has 0 radical (unpaired) electrons. The SMILES string of the molecule is COc1cc2nccc(Oc3ccc(N)cc3)c2c2c1OCCO2. The van der Waals surface area contributed by atoms with Gasteiger partial charge in [0.15, 0.2) is 11.5 Å². The van der Waals surface area contributed by atoms with Gasteiger partial charge >= 0.3 is 0 Å². The van der Waals surface area contributed by atoms with Crippen LogP contribution in [0.1, 0.15) is 0 Å². The molecule has 4 rings (SSSR count). The molecule has 2 aromatic carbocycles. The van der Waals surface area contributed by atoms with Crippen molar-refractivity contribution in [3.63, 3.8) is 0 Å². The molecule has 0 unspecified atom stereocenters. The highest BCUT2D eigenvalue weighted by molar-refractivity contribution is 5.95. The average molecular weight is 324 g/mol. The van der Waals surface area contributed by atoms with E-state index in [1.807, 2.05) is 18.2 Å². The van der Waals surface area contributed by atoms with Crippen LogP contribution in [-0.4, -0.2) is 25.3 Å².